The van der Waals surface area contributed by atoms with E-state index in [-0.39, 0.29) is 30.3 Å². The number of benzene rings is 1. The molecule has 0 spiro atoms. The highest BCUT2D eigenvalue weighted by Crippen LogP contribution is 2.22. The number of amides is 2. The maximum absolute atomic E-state index is 12.8. The van der Waals surface area contributed by atoms with Gasteiger partial charge in [-0.15, -0.1) is 0 Å². The number of carbonyl (C=O) groups excluding carboxylic acids is 2. The van der Waals surface area contributed by atoms with Crippen molar-refractivity contribution in [2.75, 3.05) is 19.6 Å². The van der Waals surface area contributed by atoms with Crippen molar-refractivity contribution in [1.29, 1.82) is 0 Å². The van der Waals surface area contributed by atoms with Crippen LogP contribution in [0.3, 0.4) is 0 Å². The summed E-state index contributed by atoms with van der Waals surface area (Å²) in [6.07, 6.45) is 3.81. The van der Waals surface area contributed by atoms with Gasteiger partial charge in [0.2, 0.25) is 5.91 Å². The number of rotatable bonds is 5. The van der Waals surface area contributed by atoms with E-state index in [2.05, 4.69) is 15.6 Å². The van der Waals surface area contributed by atoms with Crippen LogP contribution in [-0.2, 0) is 4.79 Å². The number of hydrogen-bond donors (Lipinski definition) is 2. The summed E-state index contributed by atoms with van der Waals surface area (Å²) in [6, 6.07) is 12.7. The van der Waals surface area contributed by atoms with E-state index in [9.17, 15) is 9.59 Å². The van der Waals surface area contributed by atoms with E-state index in [1.165, 1.54) is 0 Å². The van der Waals surface area contributed by atoms with Crippen molar-refractivity contribution in [1.82, 2.24) is 20.5 Å². The topological polar surface area (TPSA) is 74.3 Å². The molecule has 2 N–H and O–H groups in total. The van der Waals surface area contributed by atoms with Gasteiger partial charge in [-0.3, -0.25) is 14.6 Å². The first kappa shape index (κ1) is 18.1. The Morgan fingerprint density at radius 1 is 1.27 bits per heavy atom. The average Bonchev–Trinajstić information content (AvgIpc) is 2.69. The zero-order chi connectivity index (χ0) is 18.4. The van der Waals surface area contributed by atoms with Crippen LogP contribution in [0.15, 0.2) is 54.9 Å². The van der Waals surface area contributed by atoms with E-state index in [4.69, 9.17) is 0 Å². The molecule has 1 aliphatic heterocycles. The molecule has 0 aliphatic carbocycles. The van der Waals surface area contributed by atoms with E-state index in [1.54, 1.807) is 24.5 Å². The standard InChI is InChI=1S/C20H24N4O2/c1-15(23-20(26)16-6-3-2-4-7-16)12-19(25)24-11-10-22-14-18(24)17-8-5-9-21-13-17/h2-9,13,15,18,22H,10-12,14H2,1H3,(H,23,26). The molecular formula is C20H24N4O2. The smallest absolute Gasteiger partial charge is 0.251 e. The number of nitrogens with zero attached hydrogens (tertiary/aromatic N) is 2. The summed E-state index contributed by atoms with van der Waals surface area (Å²) in [6.45, 7) is 3.99. The molecule has 0 bridgehead atoms. The maximum atomic E-state index is 12.8. The second-order valence-electron chi connectivity index (χ2n) is 6.54. The van der Waals surface area contributed by atoms with Gasteiger partial charge in [-0.05, 0) is 30.7 Å². The summed E-state index contributed by atoms with van der Waals surface area (Å²) in [5, 5.41) is 6.24. The Labute approximate surface area is 153 Å². The van der Waals surface area contributed by atoms with Crippen LogP contribution >= 0.6 is 0 Å². The lowest BCUT2D eigenvalue weighted by Crippen LogP contribution is -2.50. The van der Waals surface area contributed by atoms with Gasteiger partial charge in [0.15, 0.2) is 0 Å². The number of piperazine rings is 1. The Balaban J connectivity index is 1.61. The average molecular weight is 352 g/mol. The Bertz CT molecular complexity index is 736. The fourth-order valence-electron chi connectivity index (χ4n) is 3.20. The van der Waals surface area contributed by atoms with Crippen LogP contribution in [0.4, 0.5) is 0 Å². The molecule has 1 aliphatic rings. The number of nitrogens with one attached hydrogen (secondary N) is 2. The summed E-state index contributed by atoms with van der Waals surface area (Å²) in [7, 11) is 0. The molecule has 3 rings (SSSR count). The van der Waals surface area contributed by atoms with E-state index in [0.717, 1.165) is 12.1 Å². The SMILES string of the molecule is CC(CC(=O)N1CCNCC1c1cccnc1)NC(=O)c1ccccc1. The van der Waals surface area contributed by atoms with E-state index in [1.807, 2.05) is 42.2 Å². The van der Waals surface area contributed by atoms with Crippen molar-refractivity contribution in [2.45, 2.75) is 25.4 Å². The quantitative estimate of drug-likeness (QED) is 0.860. The molecule has 2 amide bonds. The zero-order valence-electron chi connectivity index (χ0n) is 14.9. The van der Waals surface area contributed by atoms with Gasteiger partial charge < -0.3 is 15.5 Å². The first-order valence-electron chi connectivity index (χ1n) is 8.91. The van der Waals surface area contributed by atoms with Crippen LogP contribution in [0.25, 0.3) is 0 Å². The van der Waals surface area contributed by atoms with Crippen molar-refractivity contribution in [2.24, 2.45) is 0 Å². The van der Waals surface area contributed by atoms with Crippen molar-refractivity contribution in [3.05, 3.63) is 66.0 Å². The molecule has 0 radical (unpaired) electrons. The van der Waals surface area contributed by atoms with Gasteiger partial charge in [0.1, 0.15) is 0 Å². The minimum Gasteiger partial charge on any atom is -0.349 e. The summed E-state index contributed by atoms with van der Waals surface area (Å²) >= 11 is 0. The summed E-state index contributed by atoms with van der Waals surface area (Å²) in [4.78, 5) is 31.1. The summed E-state index contributed by atoms with van der Waals surface area (Å²) in [5.41, 5.74) is 1.62. The minimum absolute atomic E-state index is 0.0259. The zero-order valence-corrected chi connectivity index (χ0v) is 14.9. The van der Waals surface area contributed by atoms with Crippen LogP contribution in [0.2, 0.25) is 0 Å². The lowest BCUT2D eigenvalue weighted by atomic mass is 10.0. The predicted molar refractivity (Wildman–Crippen MR) is 99.5 cm³/mol. The molecule has 1 fully saturated rings. The van der Waals surface area contributed by atoms with E-state index in [0.29, 0.717) is 18.7 Å². The second kappa shape index (κ2) is 8.58. The van der Waals surface area contributed by atoms with Gasteiger partial charge in [-0.1, -0.05) is 24.3 Å². The molecule has 6 heteroatoms. The number of carbonyl (C=O) groups is 2. The van der Waals surface area contributed by atoms with Gasteiger partial charge >= 0.3 is 0 Å². The molecule has 2 unspecified atom stereocenters. The van der Waals surface area contributed by atoms with Crippen LogP contribution < -0.4 is 10.6 Å². The number of aromatic nitrogens is 1. The first-order chi connectivity index (χ1) is 12.6. The van der Waals surface area contributed by atoms with Crippen molar-refractivity contribution in [3.63, 3.8) is 0 Å². The Hall–Kier alpha value is -2.73. The summed E-state index contributed by atoms with van der Waals surface area (Å²) in [5.74, 6) is -0.115. The molecule has 26 heavy (non-hydrogen) atoms. The van der Waals surface area contributed by atoms with Gasteiger partial charge in [-0.2, -0.15) is 0 Å². The fraction of sp³-hybridized carbons (Fsp3) is 0.350. The van der Waals surface area contributed by atoms with E-state index >= 15 is 0 Å². The highest BCUT2D eigenvalue weighted by atomic mass is 16.2. The highest BCUT2D eigenvalue weighted by Gasteiger charge is 2.28. The minimum atomic E-state index is -0.236. The van der Waals surface area contributed by atoms with Crippen molar-refractivity contribution < 1.29 is 9.59 Å². The van der Waals surface area contributed by atoms with Gasteiger partial charge in [0.05, 0.1) is 6.04 Å². The number of pyridine rings is 1. The third-order valence-corrected chi connectivity index (χ3v) is 4.53. The molecule has 2 atom stereocenters. The number of hydrogen-bond acceptors (Lipinski definition) is 4. The monoisotopic (exact) mass is 352 g/mol. The third kappa shape index (κ3) is 4.46. The second-order valence-corrected chi connectivity index (χ2v) is 6.54. The molecule has 1 aromatic carbocycles. The fourth-order valence-corrected chi connectivity index (χ4v) is 3.20. The first-order valence-corrected chi connectivity index (χ1v) is 8.91. The Morgan fingerprint density at radius 3 is 2.81 bits per heavy atom. The lowest BCUT2D eigenvalue weighted by Gasteiger charge is -2.37. The lowest BCUT2D eigenvalue weighted by molar-refractivity contribution is -0.135. The van der Waals surface area contributed by atoms with Crippen LogP contribution in [0, 0.1) is 0 Å². The molecule has 0 saturated carbocycles. The molecular weight excluding hydrogens is 328 g/mol. The van der Waals surface area contributed by atoms with E-state index < -0.39 is 0 Å². The Kier molecular flexibility index (Phi) is 5.96. The van der Waals surface area contributed by atoms with Gasteiger partial charge in [0.25, 0.3) is 5.91 Å². The largest absolute Gasteiger partial charge is 0.349 e. The van der Waals surface area contributed by atoms with Gasteiger partial charge in [0, 0.05) is 50.1 Å². The molecule has 1 saturated heterocycles. The van der Waals surface area contributed by atoms with Crippen molar-refractivity contribution >= 4 is 11.8 Å². The highest BCUT2D eigenvalue weighted by molar-refractivity contribution is 5.94. The third-order valence-electron chi connectivity index (χ3n) is 4.53. The van der Waals surface area contributed by atoms with Gasteiger partial charge in [-0.25, -0.2) is 0 Å². The summed E-state index contributed by atoms with van der Waals surface area (Å²) < 4.78 is 0. The van der Waals surface area contributed by atoms with Crippen LogP contribution in [0.5, 0.6) is 0 Å². The van der Waals surface area contributed by atoms with Crippen LogP contribution in [0.1, 0.15) is 35.3 Å². The molecule has 6 nitrogen and oxygen atoms in total. The predicted octanol–water partition coefficient (Wildman–Crippen LogP) is 1.76. The normalized spacial score (nSPS) is 18.2. The maximum Gasteiger partial charge on any atom is 0.251 e. The Morgan fingerprint density at radius 2 is 2.08 bits per heavy atom. The molecule has 2 aromatic rings. The van der Waals surface area contributed by atoms with Crippen molar-refractivity contribution in [3.8, 4) is 0 Å². The van der Waals surface area contributed by atoms with Crippen LogP contribution in [-0.4, -0.2) is 47.4 Å². The molecule has 2 heterocycles. The molecule has 1 aromatic heterocycles. The molecule has 136 valence electrons.